The van der Waals surface area contributed by atoms with Gasteiger partial charge in [-0.25, -0.2) is 4.39 Å². The van der Waals surface area contributed by atoms with Crippen LogP contribution in [0.5, 0.6) is 0 Å². The molecule has 3 aliphatic rings. The molecule has 0 aromatic heterocycles. The molecule has 236 valence electrons. The van der Waals surface area contributed by atoms with Crippen molar-refractivity contribution in [3.8, 4) is 0 Å². The Hall–Kier alpha value is -4.24. The molecular weight excluding hydrogens is 569 g/mol. The number of ether oxygens (including phenoxy) is 1. The number of anilines is 3. The highest BCUT2D eigenvalue weighted by Gasteiger charge is 2.50. The first kappa shape index (κ1) is 30.8. The zero-order valence-electron chi connectivity index (χ0n) is 26.0. The van der Waals surface area contributed by atoms with Crippen LogP contribution in [0.3, 0.4) is 0 Å². The highest BCUT2D eigenvalue weighted by atomic mass is 19.1. The van der Waals surface area contributed by atoms with Crippen LogP contribution in [0, 0.1) is 24.6 Å². The van der Waals surface area contributed by atoms with E-state index in [-0.39, 0.29) is 29.3 Å². The molecule has 0 spiro atoms. The van der Waals surface area contributed by atoms with Gasteiger partial charge in [0.25, 0.3) is 5.91 Å². The Morgan fingerprint density at radius 3 is 2.51 bits per heavy atom. The summed E-state index contributed by atoms with van der Waals surface area (Å²) < 4.78 is 20.8. The number of nitrogens with zero attached hydrogens (tertiary/aromatic N) is 2. The molecule has 0 bridgehead atoms. The zero-order chi connectivity index (χ0) is 31.5. The second-order valence-electron chi connectivity index (χ2n) is 12.6. The van der Waals surface area contributed by atoms with Crippen LogP contribution < -0.4 is 16.4 Å². The summed E-state index contributed by atoms with van der Waals surface area (Å²) in [6.45, 7) is 3.25. The van der Waals surface area contributed by atoms with Crippen LogP contribution in [0.25, 0.3) is 0 Å². The third-order valence-electron chi connectivity index (χ3n) is 9.69. The minimum Gasteiger partial charge on any atom is -0.398 e. The number of nitrogens with one attached hydrogen (secondary N) is 2. The van der Waals surface area contributed by atoms with Crippen LogP contribution in [0.4, 0.5) is 21.5 Å². The number of nitrogens with two attached hydrogens (primary N) is 1. The topological polar surface area (TPSA) is 109 Å². The molecule has 3 aromatic rings. The Balaban J connectivity index is 1.38. The summed E-state index contributed by atoms with van der Waals surface area (Å²) in [6.07, 6.45) is 6.89. The molecule has 8 nitrogen and oxygen atoms in total. The van der Waals surface area contributed by atoms with E-state index in [0.29, 0.717) is 35.0 Å². The summed E-state index contributed by atoms with van der Waals surface area (Å²) in [6, 6.07) is 17.8. The van der Waals surface area contributed by atoms with Crippen molar-refractivity contribution >= 4 is 35.1 Å². The summed E-state index contributed by atoms with van der Waals surface area (Å²) in [5, 5.41) is 6.71. The Kier molecular flexibility index (Phi) is 9.16. The second-order valence-corrected chi connectivity index (χ2v) is 12.6. The fourth-order valence-corrected chi connectivity index (χ4v) is 7.46. The van der Waals surface area contributed by atoms with Gasteiger partial charge in [-0.15, -0.1) is 0 Å². The average Bonchev–Trinajstić information content (AvgIpc) is 3.51. The molecule has 2 aliphatic heterocycles. The van der Waals surface area contributed by atoms with E-state index >= 15 is 4.39 Å². The third-order valence-corrected chi connectivity index (χ3v) is 9.69. The van der Waals surface area contributed by atoms with Crippen molar-refractivity contribution < 1.29 is 18.7 Å². The lowest BCUT2D eigenvalue weighted by atomic mass is 9.76. The number of aliphatic imine (C=N–C) groups is 1. The van der Waals surface area contributed by atoms with Gasteiger partial charge in [0, 0.05) is 61.2 Å². The normalized spacial score (nSPS) is 23.6. The van der Waals surface area contributed by atoms with Crippen molar-refractivity contribution in [1.29, 1.82) is 0 Å². The summed E-state index contributed by atoms with van der Waals surface area (Å²) in [4.78, 5) is 34.6. The van der Waals surface area contributed by atoms with Gasteiger partial charge in [-0.3, -0.25) is 14.6 Å². The van der Waals surface area contributed by atoms with E-state index in [1.807, 2.05) is 29.2 Å². The predicted molar refractivity (Wildman–Crippen MR) is 176 cm³/mol. The number of aryl methyl sites for hydroxylation is 1. The summed E-state index contributed by atoms with van der Waals surface area (Å²) in [5.41, 5.74) is 10.5. The first-order valence-corrected chi connectivity index (χ1v) is 16.0. The molecule has 1 saturated carbocycles. The van der Waals surface area contributed by atoms with Crippen molar-refractivity contribution in [3.63, 3.8) is 0 Å². The van der Waals surface area contributed by atoms with Gasteiger partial charge >= 0.3 is 0 Å². The van der Waals surface area contributed by atoms with Gasteiger partial charge in [0.1, 0.15) is 5.82 Å². The SMILES string of the molecule is CN=Cc1cc(NC(=O)[C@H]2C[C@H]3CCC[C@H]3N(C(=O)c3c(C)cccc3F)[C@H]2c2ccc(NC3CCOCC3)cc2)ccc1N. The first-order chi connectivity index (χ1) is 21.8. The van der Waals surface area contributed by atoms with Gasteiger partial charge in [0.05, 0.1) is 17.5 Å². The number of rotatable bonds is 7. The number of amides is 2. The first-order valence-electron chi connectivity index (χ1n) is 16.0. The predicted octanol–water partition coefficient (Wildman–Crippen LogP) is 6.37. The van der Waals surface area contributed by atoms with Crippen molar-refractivity contribution in [3.05, 3.63) is 88.7 Å². The average molecular weight is 612 g/mol. The Morgan fingerprint density at radius 2 is 1.78 bits per heavy atom. The van der Waals surface area contributed by atoms with Crippen molar-refractivity contribution in [2.24, 2.45) is 16.8 Å². The number of hydrogen-bond acceptors (Lipinski definition) is 6. The highest BCUT2D eigenvalue weighted by Crippen LogP contribution is 2.49. The van der Waals surface area contributed by atoms with E-state index in [4.69, 9.17) is 10.5 Å². The molecule has 3 aromatic carbocycles. The van der Waals surface area contributed by atoms with Crippen LogP contribution in [-0.4, -0.2) is 55.3 Å². The molecule has 2 amide bonds. The number of benzene rings is 3. The smallest absolute Gasteiger partial charge is 0.257 e. The fourth-order valence-electron chi connectivity index (χ4n) is 7.46. The molecule has 0 radical (unpaired) electrons. The van der Waals surface area contributed by atoms with E-state index in [1.54, 1.807) is 50.5 Å². The maximum absolute atomic E-state index is 15.3. The molecule has 9 heteroatoms. The molecule has 4 N–H and O–H groups in total. The van der Waals surface area contributed by atoms with Crippen LogP contribution in [0.2, 0.25) is 0 Å². The minimum atomic E-state index is -0.571. The molecule has 0 unspecified atom stereocenters. The van der Waals surface area contributed by atoms with Crippen molar-refractivity contribution in [1.82, 2.24) is 4.90 Å². The van der Waals surface area contributed by atoms with Crippen molar-refractivity contribution in [2.45, 2.75) is 63.6 Å². The van der Waals surface area contributed by atoms with Crippen LogP contribution >= 0.6 is 0 Å². The summed E-state index contributed by atoms with van der Waals surface area (Å²) >= 11 is 0. The maximum Gasteiger partial charge on any atom is 0.257 e. The lowest BCUT2D eigenvalue weighted by Gasteiger charge is -2.48. The number of likely N-dealkylation sites (tertiary alicyclic amines) is 1. The number of halogens is 1. The Morgan fingerprint density at radius 1 is 1.02 bits per heavy atom. The quantitative estimate of drug-likeness (QED) is 0.213. The molecule has 45 heavy (non-hydrogen) atoms. The molecule has 3 fully saturated rings. The molecular formula is C36H42FN5O3. The van der Waals surface area contributed by atoms with Gasteiger partial charge in [0.2, 0.25) is 5.91 Å². The second kappa shape index (κ2) is 13.4. The Labute approximate surface area is 264 Å². The van der Waals surface area contributed by atoms with Crippen molar-refractivity contribution in [2.75, 3.05) is 36.6 Å². The lowest BCUT2D eigenvalue weighted by molar-refractivity contribution is -0.125. The van der Waals surface area contributed by atoms with Gasteiger partial charge < -0.3 is 26.0 Å². The van der Waals surface area contributed by atoms with Gasteiger partial charge in [-0.05, 0) is 92.5 Å². The number of carbonyl (C=O) groups is 2. The maximum atomic E-state index is 15.3. The van der Waals surface area contributed by atoms with Gasteiger partial charge in [0.15, 0.2) is 0 Å². The van der Waals surface area contributed by atoms with E-state index in [0.717, 1.165) is 56.6 Å². The standard InChI is InChI=1S/C36H42FN5O3/c1-22-5-3-7-30(37)33(22)36(44)42-32-8-4-6-24(32)20-29(35(43)41-28-13-14-31(38)25(19-28)21-39-2)34(42)23-9-11-26(12-10-23)40-27-15-17-45-18-16-27/h3,5,7,9-14,19,21,24,27,29,32,34,40H,4,6,8,15-18,20,38H2,1-2H3,(H,41,43)/t24-,29+,32-,34+/m1/s1. The van der Waals surface area contributed by atoms with E-state index in [1.165, 1.54) is 6.07 Å². The number of nitrogen functional groups attached to an aromatic ring is 1. The number of carbonyl (C=O) groups excluding carboxylic acids is 2. The fraction of sp³-hybridized carbons (Fsp3) is 0.417. The Bertz CT molecular complexity index is 1550. The van der Waals surface area contributed by atoms with Gasteiger partial charge in [-0.1, -0.05) is 30.7 Å². The third kappa shape index (κ3) is 6.45. The number of piperidine rings is 1. The summed E-state index contributed by atoms with van der Waals surface area (Å²) in [5.74, 6) is -1.47. The molecule has 4 atom stereocenters. The highest BCUT2D eigenvalue weighted by molar-refractivity contribution is 5.99. The lowest BCUT2D eigenvalue weighted by Crippen LogP contribution is -2.54. The van der Waals surface area contributed by atoms with E-state index in [9.17, 15) is 9.59 Å². The van der Waals surface area contributed by atoms with Crippen LogP contribution in [0.1, 0.15) is 71.6 Å². The van der Waals surface area contributed by atoms with Gasteiger partial charge in [-0.2, -0.15) is 0 Å². The largest absolute Gasteiger partial charge is 0.398 e. The van der Waals surface area contributed by atoms with Crippen LogP contribution in [0.15, 0.2) is 65.7 Å². The van der Waals surface area contributed by atoms with Crippen LogP contribution in [-0.2, 0) is 9.53 Å². The molecule has 2 saturated heterocycles. The zero-order valence-corrected chi connectivity index (χ0v) is 26.0. The minimum absolute atomic E-state index is 0.0745. The molecule has 2 heterocycles. The number of fused-ring (bicyclic) bond motifs is 1. The molecule has 6 rings (SSSR count). The van der Waals surface area contributed by atoms with E-state index < -0.39 is 17.8 Å². The monoisotopic (exact) mass is 611 g/mol. The van der Waals surface area contributed by atoms with E-state index in [2.05, 4.69) is 15.6 Å². The number of hydrogen-bond donors (Lipinski definition) is 3. The summed E-state index contributed by atoms with van der Waals surface area (Å²) in [7, 11) is 1.67. The molecule has 1 aliphatic carbocycles.